The molecule has 3 unspecified atom stereocenters. The molecule has 24 heavy (non-hydrogen) atoms. The molecular formula is C19H30O5. The Morgan fingerprint density at radius 2 is 1.83 bits per heavy atom. The maximum absolute atomic E-state index is 12.1. The fourth-order valence-corrected chi connectivity index (χ4v) is 3.08. The molecule has 5 nitrogen and oxygen atoms in total. The molecule has 0 spiro atoms. The summed E-state index contributed by atoms with van der Waals surface area (Å²) in [7, 11) is 1.50. The van der Waals surface area contributed by atoms with Gasteiger partial charge < -0.3 is 14.2 Å². The highest BCUT2D eigenvalue weighted by molar-refractivity contribution is 5.87. The van der Waals surface area contributed by atoms with E-state index in [1.165, 1.54) is 13.2 Å². The number of hydrogen-bond donors (Lipinski definition) is 0. The molecule has 5 heteroatoms. The van der Waals surface area contributed by atoms with Crippen molar-refractivity contribution in [3.8, 4) is 0 Å². The number of esters is 2. The van der Waals surface area contributed by atoms with Crippen molar-refractivity contribution in [1.82, 2.24) is 0 Å². The van der Waals surface area contributed by atoms with Gasteiger partial charge >= 0.3 is 11.9 Å². The summed E-state index contributed by atoms with van der Waals surface area (Å²) >= 11 is 0. The highest BCUT2D eigenvalue weighted by Gasteiger charge is 2.43. The van der Waals surface area contributed by atoms with Crippen LogP contribution in [0.4, 0.5) is 0 Å². The van der Waals surface area contributed by atoms with Gasteiger partial charge in [0.1, 0.15) is 11.7 Å². The number of carbonyl (C=O) groups excluding carboxylic acids is 2. The van der Waals surface area contributed by atoms with Crippen molar-refractivity contribution >= 4 is 11.9 Å². The van der Waals surface area contributed by atoms with E-state index in [9.17, 15) is 9.59 Å². The highest BCUT2D eigenvalue weighted by Crippen LogP contribution is 2.39. The van der Waals surface area contributed by atoms with Crippen LogP contribution in [0.1, 0.15) is 53.9 Å². The lowest BCUT2D eigenvalue weighted by Gasteiger charge is -2.42. The molecule has 0 aromatic rings. The fraction of sp³-hybridized carbons (Fsp3) is 0.684. The van der Waals surface area contributed by atoms with Crippen molar-refractivity contribution in [3.63, 3.8) is 0 Å². The monoisotopic (exact) mass is 338 g/mol. The molecule has 1 aliphatic carbocycles. The summed E-state index contributed by atoms with van der Waals surface area (Å²) in [5, 5.41) is 0. The Kier molecular flexibility index (Phi) is 7.06. The first kappa shape index (κ1) is 20.3. The minimum absolute atomic E-state index is 0.0581. The number of rotatable bonds is 6. The van der Waals surface area contributed by atoms with Gasteiger partial charge in [-0.1, -0.05) is 19.9 Å². The second-order valence-corrected chi connectivity index (χ2v) is 7.23. The average molecular weight is 338 g/mol. The molecule has 0 radical (unpaired) electrons. The topological polar surface area (TPSA) is 61.8 Å². The molecule has 0 aromatic carbocycles. The van der Waals surface area contributed by atoms with Gasteiger partial charge in [-0.05, 0) is 46.5 Å². The molecule has 3 atom stereocenters. The van der Waals surface area contributed by atoms with Gasteiger partial charge in [0.15, 0.2) is 0 Å². The Labute approximate surface area is 145 Å². The second kappa shape index (κ2) is 8.36. The van der Waals surface area contributed by atoms with E-state index < -0.39 is 17.5 Å². The molecule has 1 aliphatic rings. The van der Waals surface area contributed by atoms with E-state index in [0.717, 1.165) is 19.3 Å². The summed E-state index contributed by atoms with van der Waals surface area (Å²) in [6, 6.07) is 0. The first-order valence-corrected chi connectivity index (χ1v) is 8.38. The number of hydrogen-bond acceptors (Lipinski definition) is 5. The van der Waals surface area contributed by atoms with Gasteiger partial charge in [0.25, 0.3) is 0 Å². The van der Waals surface area contributed by atoms with Gasteiger partial charge in [-0.2, -0.15) is 0 Å². The number of carbonyl (C=O) groups is 2. The fourth-order valence-electron chi connectivity index (χ4n) is 3.08. The quantitative estimate of drug-likeness (QED) is 0.419. The van der Waals surface area contributed by atoms with Gasteiger partial charge in [-0.3, -0.25) is 0 Å². The lowest BCUT2D eigenvalue weighted by Crippen LogP contribution is -2.47. The molecule has 0 saturated heterocycles. The Balaban J connectivity index is 2.89. The van der Waals surface area contributed by atoms with E-state index in [4.69, 9.17) is 14.2 Å². The van der Waals surface area contributed by atoms with Crippen molar-refractivity contribution in [2.45, 2.75) is 65.6 Å². The summed E-state index contributed by atoms with van der Waals surface area (Å²) < 4.78 is 16.3. The standard InChI is InChI=1S/C19H30O5/c1-12(2)18(21)23-16-10-13(3)8-9-15(16)19(5,6)24-17(20)11-14(4)22-7/h11,13,15-16H,1,8-10H2,2-7H3/b14-11-. The average Bonchev–Trinajstić information content (AvgIpc) is 2.45. The minimum Gasteiger partial charge on any atom is -0.501 e. The van der Waals surface area contributed by atoms with Crippen molar-refractivity contribution < 1.29 is 23.8 Å². The van der Waals surface area contributed by atoms with Crippen LogP contribution in [-0.2, 0) is 23.8 Å². The van der Waals surface area contributed by atoms with E-state index in [1.807, 2.05) is 13.8 Å². The SMILES string of the molecule is C=C(C)C(=O)OC1CC(C)CCC1C(C)(C)OC(=O)/C=C(/C)OC. The molecule has 1 saturated carbocycles. The molecule has 1 rings (SSSR count). The van der Waals surface area contributed by atoms with E-state index >= 15 is 0 Å². The maximum atomic E-state index is 12.1. The van der Waals surface area contributed by atoms with Crippen LogP contribution < -0.4 is 0 Å². The molecular weight excluding hydrogens is 308 g/mol. The van der Waals surface area contributed by atoms with Crippen LogP contribution in [0.5, 0.6) is 0 Å². The largest absolute Gasteiger partial charge is 0.501 e. The first-order chi connectivity index (χ1) is 11.1. The van der Waals surface area contributed by atoms with Crippen LogP contribution in [0, 0.1) is 11.8 Å². The third-order valence-corrected chi connectivity index (χ3v) is 4.56. The molecule has 0 N–H and O–H groups in total. The Hall–Kier alpha value is -1.78. The normalized spacial score (nSPS) is 24.9. The van der Waals surface area contributed by atoms with Crippen LogP contribution in [-0.4, -0.2) is 30.8 Å². The van der Waals surface area contributed by atoms with E-state index in [-0.39, 0.29) is 12.0 Å². The summed E-state index contributed by atoms with van der Waals surface area (Å²) in [5.41, 5.74) is -0.373. The zero-order valence-electron chi connectivity index (χ0n) is 15.7. The molecule has 136 valence electrons. The summed E-state index contributed by atoms with van der Waals surface area (Å²) in [6.45, 7) is 12.8. The minimum atomic E-state index is -0.748. The van der Waals surface area contributed by atoms with Crippen molar-refractivity contribution in [3.05, 3.63) is 24.0 Å². The highest BCUT2D eigenvalue weighted by atomic mass is 16.6. The Morgan fingerprint density at radius 3 is 2.38 bits per heavy atom. The Bertz CT molecular complexity index is 518. The number of methoxy groups -OCH3 is 1. The predicted molar refractivity (Wildman–Crippen MR) is 92.1 cm³/mol. The number of ether oxygens (including phenoxy) is 3. The van der Waals surface area contributed by atoms with Crippen LogP contribution in [0.15, 0.2) is 24.0 Å². The summed E-state index contributed by atoms with van der Waals surface area (Å²) in [6.07, 6.45) is 3.65. The van der Waals surface area contributed by atoms with Crippen molar-refractivity contribution in [2.75, 3.05) is 7.11 Å². The van der Waals surface area contributed by atoms with Crippen molar-refractivity contribution in [2.24, 2.45) is 11.8 Å². The molecule has 0 heterocycles. The van der Waals surface area contributed by atoms with E-state index in [1.54, 1.807) is 13.8 Å². The van der Waals surface area contributed by atoms with Crippen LogP contribution in [0.2, 0.25) is 0 Å². The molecule has 0 aliphatic heterocycles. The van der Waals surface area contributed by atoms with E-state index in [0.29, 0.717) is 17.3 Å². The van der Waals surface area contributed by atoms with Crippen molar-refractivity contribution in [1.29, 1.82) is 0 Å². The third-order valence-electron chi connectivity index (χ3n) is 4.56. The van der Waals surface area contributed by atoms with Gasteiger partial charge in [-0.15, -0.1) is 0 Å². The molecule has 1 fully saturated rings. The van der Waals surface area contributed by atoms with Crippen LogP contribution in [0.3, 0.4) is 0 Å². The number of allylic oxidation sites excluding steroid dienone is 1. The maximum Gasteiger partial charge on any atom is 0.334 e. The van der Waals surface area contributed by atoms with E-state index in [2.05, 4.69) is 13.5 Å². The van der Waals surface area contributed by atoms with Gasteiger partial charge in [0.05, 0.1) is 18.9 Å². The molecule has 0 aromatic heterocycles. The third kappa shape index (κ3) is 5.69. The summed E-state index contributed by atoms with van der Waals surface area (Å²) in [5.74, 6) is 0.0427. The zero-order chi connectivity index (χ0) is 18.5. The van der Waals surface area contributed by atoms with Gasteiger partial charge in [0, 0.05) is 11.5 Å². The molecule has 0 amide bonds. The predicted octanol–water partition coefficient (Wildman–Crippen LogP) is 3.78. The van der Waals surface area contributed by atoms with Crippen LogP contribution in [0.25, 0.3) is 0 Å². The summed E-state index contributed by atoms with van der Waals surface area (Å²) in [4.78, 5) is 24.0. The van der Waals surface area contributed by atoms with Gasteiger partial charge in [-0.25, -0.2) is 9.59 Å². The lowest BCUT2D eigenvalue weighted by atomic mass is 9.73. The first-order valence-electron chi connectivity index (χ1n) is 8.38. The zero-order valence-corrected chi connectivity index (χ0v) is 15.7. The lowest BCUT2D eigenvalue weighted by molar-refractivity contribution is -0.172. The second-order valence-electron chi connectivity index (χ2n) is 7.23. The van der Waals surface area contributed by atoms with Crippen LogP contribution >= 0.6 is 0 Å². The molecule has 0 bridgehead atoms. The smallest absolute Gasteiger partial charge is 0.334 e. The van der Waals surface area contributed by atoms with Gasteiger partial charge in [0.2, 0.25) is 0 Å². The Morgan fingerprint density at radius 1 is 1.21 bits per heavy atom.